The van der Waals surface area contributed by atoms with Gasteiger partial charge in [0.1, 0.15) is 13.2 Å². The summed E-state index contributed by atoms with van der Waals surface area (Å²) in [5.74, 6) is 1.55. The zero-order valence-electron chi connectivity index (χ0n) is 9.84. The fourth-order valence-corrected chi connectivity index (χ4v) is 2.98. The van der Waals surface area contributed by atoms with Crippen molar-refractivity contribution in [1.29, 1.82) is 0 Å². The molecule has 1 aliphatic heterocycles. The third kappa shape index (κ3) is 3.08. The summed E-state index contributed by atoms with van der Waals surface area (Å²) in [7, 11) is 0. The molecule has 17 heavy (non-hydrogen) atoms. The normalized spacial score (nSPS) is 15.7. The van der Waals surface area contributed by atoms with Crippen LogP contribution in [0.1, 0.15) is 36.6 Å². The van der Waals surface area contributed by atoms with E-state index >= 15 is 0 Å². The monoisotopic (exact) mass is 318 g/mol. The molecule has 94 valence electrons. The Morgan fingerprint density at radius 2 is 1.94 bits per heavy atom. The Labute approximate surface area is 115 Å². The number of unbranched alkanes of at least 4 members (excludes halogenated alkanes) is 1. The smallest absolute Gasteiger partial charge is 0.162 e. The number of fused-ring (bicyclic) bond motifs is 1. The maximum Gasteiger partial charge on any atom is 0.162 e. The number of halogens is 2. The van der Waals surface area contributed by atoms with Crippen LogP contribution >= 0.6 is 27.5 Å². The summed E-state index contributed by atoms with van der Waals surface area (Å²) < 4.78 is 11.1. The van der Waals surface area contributed by atoms with Gasteiger partial charge in [0.25, 0.3) is 0 Å². The summed E-state index contributed by atoms with van der Waals surface area (Å²) in [5.41, 5.74) is 1.09. The standard InChI is InChI=1S/C13H16BrClO2/c1-2-3-4-10(14)9-7-12-13(8-11(9)15)17-6-5-16-12/h7-8,10H,2-6H2,1H3. The first kappa shape index (κ1) is 13.0. The van der Waals surface area contributed by atoms with Crippen LogP contribution in [-0.4, -0.2) is 13.2 Å². The van der Waals surface area contributed by atoms with Crippen molar-refractivity contribution in [2.45, 2.75) is 31.0 Å². The van der Waals surface area contributed by atoms with E-state index in [4.69, 9.17) is 21.1 Å². The van der Waals surface area contributed by atoms with Gasteiger partial charge in [-0.3, -0.25) is 0 Å². The summed E-state index contributed by atoms with van der Waals surface area (Å²) in [4.78, 5) is 0.283. The average molecular weight is 320 g/mol. The molecule has 2 rings (SSSR count). The van der Waals surface area contributed by atoms with Gasteiger partial charge in [0.05, 0.1) is 0 Å². The SMILES string of the molecule is CCCCC(Br)c1cc2c(cc1Cl)OCCO2. The number of alkyl halides is 1. The first-order valence-corrected chi connectivity index (χ1v) is 7.25. The Kier molecular flexibility index (Phi) is 4.57. The Balaban J connectivity index is 2.22. The predicted molar refractivity (Wildman–Crippen MR) is 73.6 cm³/mol. The molecule has 0 bridgehead atoms. The minimum absolute atomic E-state index is 0.283. The summed E-state index contributed by atoms with van der Waals surface area (Å²) in [6.45, 7) is 3.39. The second-order valence-electron chi connectivity index (χ2n) is 4.13. The number of ether oxygens (including phenoxy) is 2. The Morgan fingerprint density at radius 3 is 2.59 bits per heavy atom. The highest BCUT2D eigenvalue weighted by molar-refractivity contribution is 9.09. The highest BCUT2D eigenvalue weighted by Crippen LogP contribution is 2.41. The van der Waals surface area contributed by atoms with E-state index in [-0.39, 0.29) is 4.83 Å². The van der Waals surface area contributed by atoms with E-state index in [0.717, 1.165) is 28.5 Å². The molecule has 1 unspecified atom stereocenters. The van der Waals surface area contributed by atoms with Crippen molar-refractivity contribution < 1.29 is 9.47 Å². The largest absolute Gasteiger partial charge is 0.486 e. The lowest BCUT2D eigenvalue weighted by Crippen LogP contribution is -2.15. The number of rotatable bonds is 4. The summed E-state index contributed by atoms with van der Waals surface area (Å²) in [6, 6.07) is 3.84. The van der Waals surface area contributed by atoms with E-state index in [2.05, 4.69) is 22.9 Å². The predicted octanol–water partition coefficient (Wildman–Crippen LogP) is 4.74. The van der Waals surface area contributed by atoms with Crippen molar-refractivity contribution in [3.05, 3.63) is 22.7 Å². The van der Waals surface area contributed by atoms with Crippen LogP contribution in [0, 0.1) is 0 Å². The first-order valence-electron chi connectivity index (χ1n) is 5.95. The zero-order chi connectivity index (χ0) is 12.3. The van der Waals surface area contributed by atoms with E-state index in [0.29, 0.717) is 13.2 Å². The molecule has 0 aromatic heterocycles. The van der Waals surface area contributed by atoms with Crippen LogP contribution in [0.15, 0.2) is 12.1 Å². The maximum absolute atomic E-state index is 6.27. The fraction of sp³-hybridized carbons (Fsp3) is 0.538. The molecular weight excluding hydrogens is 303 g/mol. The molecule has 1 heterocycles. The van der Waals surface area contributed by atoms with Crippen LogP contribution in [0.25, 0.3) is 0 Å². The van der Waals surface area contributed by atoms with Crippen molar-refractivity contribution in [3.63, 3.8) is 0 Å². The summed E-state index contributed by atoms with van der Waals surface area (Å²) in [5, 5.41) is 0.743. The molecule has 1 aromatic rings. The van der Waals surface area contributed by atoms with Gasteiger partial charge >= 0.3 is 0 Å². The van der Waals surface area contributed by atoms with E-state index in [1.807, 2.05) is 12.1 Å². The molecule has 0 radical (unpaired) electrons. The molecule has 2 nitrogen and oxygen atoms in total. The third-order valence-corrected chi connectivity index (χ3v) is 4.09. The van der Waals surface area contributed by atoms with Crippen LogP contribution in [0.4, 0.5) is 0 Å². The van der Waals surface area contributed by atoms with E-state index in [1.165, 1.54) is 12.8 Å². The highest BCUT2D eigenvalue weighted by Gasteiger charge is 2.18. The Hall–Kier alpha value is -0.410. The molecule has 0 N–H and O–H groups in total. The average Bonchev–Trinajstić information content (AvgIpc) is 2.35. The second-order valence-corrected chi connectivity index (χ2v) is 5.64. The van der Waals surface area contributed by atoms with Crippen molar-refractivity contribution >= 4 is 27.5 Å². The van der Waals surface area contributed by atoms with Gasteiger partial charge in [0.15, 0.2) is 11.5 Å². The molecule has 0 saturated heterocycles. The minimum atomic E-state index is 0.283. The molecule has 0 saturated carbocycles. The van der Waals surface area contributed by atoms with Gasteiger partial charge in [0.2, 0.25) is 0 Å². The molecule has 0 amide bonds. The molecule has 1 atom stereocenters. The van der Waals surface area contributed by atoms with Crippen LogP contribution in [0.2, 0.25) is 5.02 Å². The molecule has 0 spiro atoms. The van der Waals surface area contributed by atoms with Gasteiger partial charge in [0, 0.05) is 15.9 Å². The second kappa shape index (κ2) is 5.96. The summed E-state index contributed by atoms with van der Waals surface area (Å²) >= 11 is 9.95. The number of hydrogen-bond donors (Lipinski definition) is 0. The van der Waals surface area contributed by atoms with Gasteiger partial charge in [-0.1, -0.05) is 47.3 Å². The fourth-order valence-electron chi connectivity index (χ4n) is 1.86. The maximum atomic E-state index is 6.27. The van der Waals surface area contributed by atoms with Crippen molar-refractivity contribution in [2.24, 2.45) is 0 Å². The first-order chi connectivity index (χ1) is 8.22. The molecular formula is C13H16BrClO2. The Morgan fingerprint density at radius 1 is 1.29 bits per heavy atom. The summed E-state index contributed by atoms with van der Waals surface area (Å²) in [6.07, 6.45) is 3.45. The van der Waals surface area contributed by atoms with Crippen LogP contribution in [-0.2, 0) is 0 Å². The van der Waals surface area contributed by atoms with Gasteiger partial charge in [-0.2, -0.15) is 0 Å². The van der Waals surface area contributed by atoms with E-state index in [1.54, 1.807) is 0 Å². The van der Waals surface area contributed by atoms with E-state index in [9.17, 15) is 0 Å². The minimum Gasteiger partial charge on any atom is -0.486 e. The van der Waals surface area contributed by atoms with Crippen molar-refractivity contribution in [2.75, 3.05) is 13.2 Å². The lowest BCUT2D eigenvalue weighted by Gasteiger charge is -2.21. The molecule has 0 aliphatic carbocycles. The lowest BCUT2D eigenvalue weighted by molar-refractivity contribution is 0.171. The number of hydrogen-bond acceptors (Lipinski definition) is 2. The number of benzene rings is 1. The zero-order valence-corrected chi connectivity index (χ0v) is 12.2. The Bertz CT molecular complexity index is 395. The van der Waals surface area contributed by atoms with Gasteiger partial charge in [-0.25, -0.2) is 0 Å². The molecule has 1 aliphatic rings. The lowest BCUT2D eigenvalue weighted by atomic mass is 10.1. The van der Waals surface area contributed by atoms with Gasteiger partial charge in [-0.05, 0) is 18.1 Å². The topological polar surface area (TPSA) is 18.5 Å². The van der Waals surface area contributed by atoms with E-state index < -0.39 is 0 Å². The highest BCUT2D eigenvalue weighted by atomic mass is 79.9. The molecule has 1 aromatic carbocycles. The third-order valence-electron chi connectivity index (χ3n) is 2.81. The van der Waals surface area contributed by atoms with Crippen molar-refractivity contribution in [3.8, 4) is 11.5 Å². The molecule has 4 heteroatoms. The van der Waals surface area contributed by atoms with Crippen LogP contribution in [0.5, 0.6) is 11.5 Å². The molecule has 0 fully saturated rings. The van der Waals surface area contributed by atoms with Crippen molar-refractivity contribution in [1.82, 2.24) is 0 Å². The quantitative estimate of drug-likeness (QED) is 0.746. The van der Waals surface area contributed by atoms with Gasteiger partial charge < -0.3 is 9.47 Å². The van der Waals surface area contributed by atoms with Crippen LogP contribution < -0.4 is 9.47 Å². The van der Waals surface area contributed by atoms with Gasteiger partial charge in [-0.15, -0.1) is 0 Å². The van der Waals surface area contributed by atoms with Crippen LogP contribution in [0.3, 0.4) is 0 Å².